The summed E-state index contributed by atoms with van der Waals surface area (Å²) in [6.45, 7) is 1.88. The van der Waals surface area contributed by atoms with Crippen molar-refractivity contribution >= 4 is 5.91 Å². The van der Waals surface area contributed by atoms with Crippen molar-refractivity contribution in [2.45, 2.75) is 12.5 Å². The molecule has 1 aliphatic rings. The highest BCUT2D eigenvalue weighted by Gasteiger charge is 2.35. The Bertz CT molecular complexity index is 721. The molecule has 2 unspecified atom stereocenters. The Kier molecular flexibility index (Phi) is 5.50. The lowest BCUT2D eigenvalue weighted by Crippen LogP contribution is -2.34. The van der Waals surface area contributed by atoms with Gasteiger partial charge in [-0.25, -0.2) is 0 Å². The molecule has 2 atom stereocenters. The number of hydrogen-bond acceptors (Lipinski definition) is 5. The van der Waals surface area contributed by atoms with Gasteiger partial charge in [0.05, 0.1) is 20.1 Å². The Hall–Kier alpha value is -2.60. The Morgan fingerprint density at radius 2 is 2.00 bits per heavy atom. The predicted molar refractivity (Wildman–Crippen MR) is 94.7 cm³/mol. The molecule has 1 saturated heterocycles. The molecule has 25 heavy (non-hydrogen) atoms. The van der Waals surface area contributed by atoms with Gasteiger partial charge in [-0.15, -0.1) is 0 Å². The fraction of sp³-hybridized carbons (Fsp3) is 0.368. The topological polar surface area (TPSA) is 72.5 Å². The van der Waals surface area contributed by atoms with Crippen LogP contribution in [0.25, 0.3) is 0 Å². The minimum absolute atomic E-state index is 0.0386. The van der Waals surface area contributed by atoms with E-state index >= 15 is 0 Å². The zero-order chi connectivity index (χ0) is 17.6. The first-order valence-corrected chi connectivity index (χ1v) is 8.32. The van der Waals surface area contributed by atoms with Gasteiger partial charge in [0, 0.05) is 43.5 Å². The maximum Gasteiger partial charge on any atom is 0.225 e. The fourth-order valence-corrected chi connectivity index (χ4v) is 3.23. The molecule has 1 amide bonds. The minimum Gasteiger partial charge on any atom is -0.497 e. The van der Waals surface area contributed by atoms with Crippen LogP contribution in [0, 0.1) is 5.92 Å². The number of ether oxygens (including phenoxy) is 2. The molecule has 2 heterocycles. The van der Waals surface area contributed by atoms with Crippen molar-refractivity contribution < 1.29 is 14.3 Å². The van der Waals surface area contributed by atoms with E-state index in [-0.39, 0.29) is 17.7 Å². The van der Waals surface area contributed by atoms with Gasteiger partial charge in [-0.3, -0.25) is 9.78 Å². The number of carbonyl (C=O) groups is 1. The average molecular weight is 341 g/mol. The molecule has 1 aliphatic heterocycles. The summed E-state index contributed by atoms with van der Waals surface area (Å²) in [5.74, 6) is 1.47. The second-order valence-electron chi connectivity index (χ2n) is 6.05. The summed E-state index contributed by atoms with van der Waals surface area (Å²) in [6.07, 6.45) is 3.45. The average Bonchev–Trinajstić information content (AvgIpc) is 3.16. The first-order chi connectivity index (χ1) is 12.2. The van der Waals surface area contributed by atoms with E-state index in [0.29, 0.717) is 13.1 Å². The molecule has 2 N–H and O–H groups in total. The Morgan fingerprint density at radius 3 is 2.72 bits per heavy atom. The number of aromatic nitrogens is 1. The zero-order valence-electron chi connectivity index (χ0n) is 14.5. The standard InChI is InChI=1S/C19H23N3O3/c1-24-14-3-4-18(25-2)15(9-14)16-11-21-12-17(16)19(23)22-10-13-5-7-20-8-6-13/h3-9,16-17,21H,10-12H2,1-2H3,(H,22,23). The van der Waals surface area contributed by atoms with Crippen molar-refractivity contribution in [1.29, 1.82) is 0 Å². The van der Waals surface area contributed by atoms with Crippen molar-refractivity contribution in [3.63, 3.8) is 0 Å². The van der Waals surface area contributed by atoms with Crippen LogP contribution in [-0.4, -0.2) is 38.2 Å². The molecule has 6 heteroatoms. The van der Waals surface area contributed by atoms with Crippen LogP contribution in [0.2, 0.25) is 0 Å². The van der Waals surface area contributed by atoms with Gasteiger partial charge in [0.15, 0.2) is 0 Å². The number of methoxy groups -OCH3 is 2. The quantitative estimate of drug-likeness (QED) is 0.837. The highest BCUT2D eigenvalue weighted by atomic mass is 16.5. The summed E-state index contributed by atoms with van der Waals surface area (Å²) < 4.78 is 10.8. The van der Waals surface area contributed by atoms with E-state index in [9.17, 15) is 4.79 Å². The summed E-state index contributed by atoms with van der Waals surface area (Å²) >= 11 is 0. The smallest absolute Gasteiger partial charge is 0.225 e. The van der Waals surface area contributed by atoms with Crippen molar-refractivity contribution in [3.8, 4) is 11.5 Å². The van der Waals surface area contributed by atoms with Crippen LogP contribution < -0.4 is 20.1 Å². The second-order valence-corrected chi connectivity index (χ2v) is 6.05. The number of carbonyl (C=O) groups excluding carboxylic acids is 1. The van der Waals surface area contributed by atoms with Crippen LogP contribution in [-0.2, 0) is 11.3 Å². The van der Waals surface area contributed by atoms with Gasteiger partial charge >= 0.3 is 0 Å². The Balaban J connectivity index is 1.75. The van der Waals surface area contributed by atoms with E-state index in [1.54, 1.807) is 26.6 Å². The molecule has 2 aromatic rings. The maximum absolute atomic E-state index is 12.7. The molecule has 6 nitrogen and oxygen atoms in total. The van der Waals surface area contributed by atoms with Crippen molar-refractivity contribution in [1.82, 2.24) is 15.6 Å². The van der Waals surface area contributed by atoms with Gasteiger partial charge in [0.2, 0.25) is 5.91 Å². The van der Waals surface area contributed by atoms with Crippen LogP contribution in [0.4, 0.5) is 0 Å². The Morgan fingerprint density at radius 1 is 1.20 bits per heavy atom. The molecule has 0 bridgehead atoms. The lowest BCUT2D eigenvalue weighted by atomic mass is 9.87. The third-order valence-electron chi connectivity index (χ3n) is 4.60. The maximum atomic E-state index is 12.7. The molecule has 0 aliphatic carbocycles. The number of nitrogens with zero attached hydrogens (tertiary/aromatic N) is 1. The van der Waals surface area contributed by atoms with Gasteiger partial charge in [-0.1, -0.05) is 0 Å². The number of nitrogens with one attached hydrogen (secondary N) is 2. The van der Waals surface area contributed by atoms with Crippen LogP contribution >= 0.6 is 0 Å². The van der Waals surface area contributed by atoms with Gasteiger partial charge in [0.25, 0.3) is 0 Å². The van der Waals surface area contributed by atoms with Gasteiger partial charge < -0.3 is 20.1 Å². The molecule has 1 aromatic carbocycles. The number of hydrogen-bond donors (Lipinski definition) is 2. The predicted octanol–water partition coefficient (Wildman–Crippen LogP) is 1.72. The number of amides is 1. The van der Waals surface area contributed by atoms with E-state index in [0.717, 1.165) is 29.2 Å². The van der Waals surface area contributed by atoms with E-state index in [1.165, 1.54) is 0 Å². The van der Waals surface area contributed by atoms with Crippen molar-refractivity contribution in [3.05, 3.63) is 53.9 Å². The molecule has 0 saturated carbocycles. The lowest BCUT2D eigenvalue weighted by molar-refractivity contribution is -0.125. The first-order valence-electron chi connectivity index (χ1n) is 8.32. The van der Waals surface area contributed by atoms with E-state index < -0.39 is 0 Å². The largest absolute Gasteiger partial charge is 0.497 e. The normalized spacial score (nSPS) is 19.4. The summed E-state index contributed by atoms with van der Waals surface area (Å²) in [5, 5.41) is 6.35. The number of rotatable bonds is 6. The monoisotopic (exact) mass is 341 g/mol. The molecular formula is C19H23N3O3. The van der Waals surface area contributed by atoms with Gasteiger partial charge in [-0.05, 0) is 35.9 Å². The zero-order valence-corrected chi connectivity index (χ0v) is 14.5. The molecular weight excluding hydrogens is 318 g/mol. The molecule has 1 aromatic heterocycles. The fourth-order valence-electron chi connectivity index (χ4n) is 3.23. The number of benzene rings is 1. The van der Waals surface area contributed by atoms with Gasteiger partial charge in [0.1, 0.15) is 11.5 Å². The number of pyridine rings is 1. The second kappa shape index (κ2) is 7.98. The van der Waals surface area contributed by atoms with E-state index in [1.807, 2.05) is 30.3 Å². The highest BCUT2D eigenvalue weighted by Crippen LogP contribution is 2.36. The van der Waals surface area contributed by atoms with Crippen molar-refractivity contribution in [2.24, 2.45) is 5.92 Å². The Labute approximate surface area is 147 Å². The van der Waals surface area contributed by atoms with Crippen LogP contribution in [0.1, 0.15) is 17.0 Å². The van der Waals surface area contributed by atoms with Crippen LogP contribution in [0.5, 0.6) is 11.5 Å². The first kappa shape index (κ1) is 17.2. The SMILES string of the molecule is COc1ccc(OC)c(C2CNCC2C(=O)NCc2ccncc2)c1. The molecule has 1 fully saturated rings. The molecule has 0 radical (unpaired) electrons. The van der Waals surface area contributed by atoms with Crippen LogP contribution in [0.15, 0.2) is 42.7 Å². The van der Waals surface area contributed by atoms with Gasteiger partial charge in [-0.2, -0.15) is 0 Å². The molecule has 3 rings (SSSR count). The third kappa shape index (κ3) is 3.91. The van der Waals surface area contributed by atoms with Crippen molar-refractivity contribution in [2.75, 3.05) is 27.3 Å². The summed E-state index contributed by atoms with van der Waals surface area (Å²) in [4.78, 5) is 16.7. The summed E-state index contributed by atoms with van der Waals surface area (Å²) in [5.41, 5.74) is 2.03. The third-order valence-corrected chi connectivity index (χ3v) is 4.60. The van der Waals surface area contributed by atoms with E-state index in [4.69, 9.17) is 9.47 Å². The minimum atomic E-state index is -0.150. The molecule has 132 valence electrons. The molecule has 0 spiro atoms. The lowest BCUT2D eigenvalue weighted by Gasteiger charge is -2.21. The summed E-state index contributed by atoms with van der Waals surface area (Å²) in [7, 11) is 3.28. The van der Waals surface area contributed by atoms with Crippen LogP contribution in [0.3, 0.4) is 0 Å². The highest BCUT2D eigenvalue weighted by molar-refractivity contribution is 5.80. The van der Waals surface area contributed by atoms with E-state index in [2.05, 4.69) is 15.6 Å². The summed E-state index contributed by atoms with van der Waals surface area (Å²) in [6, 6.07) is 9.51.